The smallest absolute Gasteiger partial charge is 0.253 e. The van der Waals surface area contributed by atoms with Crippen molar-refractivity contribution < 1.29 is 9.59 Å². The maximum absolute atomic E-state index is 12.2. The minimum absolute atomic E-state index is 0.00595. The number of benzene rings is 1. The first-order chi connectivity index (χ1) is 12.0. The molecule has 0 aliphatic carbocycles. The molecule has 2 heterocycles. The first kappa shape index (κ1) is 17.9. The van der Waals surface area contributed by atoms with E-state index in [4.69, 9.17) is 0 Å². The van der Waals surface area contributed by atoms with E-state index in [0.29, 0.717) is 36.5 Å². The molecule has 5 nitrogen and oxygen atoms in total. The Hall–Kier alpha value is -1.88. The fourth-order valence-electron chi connectivity index (χ4n) is 4.14. The van der Waals surface area contributed by atoms with Crippen LogP contribution in [0.4, 0.5) is 0 Å². The third-order valence-corrected chi connectivity index (χ3v) is 5.36. The molecular formula is C20H29N3O2. The van der Waals surface area contributed by atoms with E-state index in [1.54, 1.807) is 19.0 Å². The van der Waals surface area contributed by atoms with Gasteiger partial charge in [0.1, 0.15) is 0 Å². The molecule has 3 rings (SSSR count). The topological polar surface area (TPSA) is 61.4 Å². The lowest BCUT2D eigenvalue weighted by Crippen LogP contribution is -2.39. The van der Waals surface area contributed by atoms with E-state index in [-0.39, 0.29) is 11.8 Å². The van der Waals surface area contributed by atoms with Gasteiger partial charge in [-0.05, 0) is 55.7 Å². The molecule has 2 aliphatic rings. The molecule has 2 saturated heterocycles. The van der Waals surface area contributed by atoms with Gasteiger partial charge in [0.2, 0.25) is 5.91 Å². The second-order valence-corrected chi connectivity index (χ2v) is 7.68. The van der Waals surface area contributed by atoms with E-state index in [1.165, 1.54) is 12.8 Å². The van der Waals surface area contributed by atoms with Gasteiger partial charge in [0.05, 0.1) is 0 Å². The van der Waals surface area contributed by atoms with Gasteiger partial charge in [0.25, 0.3) is 5.91 Å². The number of hydrogen-bond donors (Lipinski definition) is 2. The first-order valence-electron chi connectivity index (χ1n) is 9.34. The van der Waals surface area contributed by atoms with E-state index < -0.39 is 0 Å². The summed E-state index contributed by atoms with van der Waals surface area (Å²) in [5, 5.41) is 6.66. The summed E-state index contributed by atoms with van der Waals surface area (Å²) >= 11 is 0. The lowest BCUT2D eigenvalue weighted by Gasteiger charge is -2.28. The number of piperidine rings is 1. The van der Waals surface area contributed by atoms with Crippen LogP contribution in [0.3, 0.4) is 0 Å². The molecular weight excluding hydrogens is 314 g/mol. The van der Waals surface area contributed by atoms with Gasteiger partial charge in [-0.3, -0.25) is 9.59 Å². The standard InChI is InChI=1S/C20H29N3O2/c1-23(2)20(25)16-5-3-4-14(10-16)8-9-21-19(24)13-15-11-17-6-7-18(12-15)22-17/h3-5,10,15,17-18,22H,6-9,11-13H2,1-2H3,(H,21,24). The van der Waals surface area contributed by atoms with Gasteiger partial charge in [0.15, 0.2) is 0 Å². The van der Waals surface area contributed by atoms with Crippen molar-refractivity contribution in [1.29, 1.82) is 0 Å². The molecule has 2 N–H and O–H groups in total. The van der Waals surface area contributed by atoms with E-state index in [1.807, 2.05) is 24.3 Å². The Morgan fingerprint density at radius 3 is 2.60 bits per heavy atom. The highest BCUT2D eigenvalue weighted by Gasteiger charge is 2.34. The Morgan fingerprint density at radius 2 is 1.92 bits per heavy atom. The van der Waals surface area contributed by atoms with Gasteiger partial charge in [0, 0.05) is 44.7 Å². The summed E-state index contributed by atoms with van der Waals surface area (Å²) < 4.78 is 0. The number of carbonyl (C=O) groups excluding carboxylic acids is 2. The van der Waals surface area contributed by atoms with Crippen LogP contribution in [0.5, 0.6) is 0 Å². The summed E-state index contributed by atoms with van der Waals surface area (Å²) in [6.45, 7) is 0.621. The maximum atomic E-state index is 12.2. The van der Waals surface area contributed by atoms with Gasteiger partial charge >= 0.3 is 0 Å². The van der Waals surface area contributed by atoms with Crippen LogP contribution in [0.25, 0.3) is 0 Å². The van der Waals surface area contributed by atoms with Crippen molar-refractivity contribution >= 4 is 11.8 Å². The van der Waals surface area contributed by atoms with E-state index in [0.717, 1.165) is 24.8 Å². The zero-order chi connectivity index (χ0) is 17.8. The molecule has 0 saturated carbocycles. The van der Waals surface area contributed by atoms with E-state index in [9.17, 15) is 9.59 Å². The second-order valence-electron chi connectivity index (χ2n) is 7.68. The highest BCUT2D eigenvalue weighted by Crippen LogP contribution is 2.32. The average molecular weight is 343 g/mol. The summed E-state index contributed by atoms with van der Waals surface area (Å²) in [7, 11) is 3.50. The summed E-state index contributed by atoms with van der Waals surface area (Å²) in [4.78, 5) is 25.8. The molecule has 0 radical (unpaired) electrons. The predicted octanol–water partition coefficient (Wildman–Crippen LogP) is 1.97. The summed E-state index contributed by atoms with van der Waals surface area (Å²) in [5.74, 6) is 0.693. The number of amides is 2. The van der Waals surface area contributed by atoms with Gasteiger partial charge in [-0.2, -0.15) is 0 Å². The van der Waals surface area contributed by atoms with Crippen LogP contribution in [-0.2, 0) is 11.2 Å². The Kier molecular flexibility index (Phi) is 5.74. The molecule has 25 heavy (non-hydrogen) atoms. The molecule has 2 atom stereocenters. The Morgan fingerprint density at radius 1 is 1.20 bits per heavy atom. The van der Waals surface area contributed by atoms with Crippen molar-refractivity contribution in [2.75, 3.05) is 20.6 Å². The van der Waals surface area contributed by atoms with Gasteiger partial charge in [-0.25, -0.2) is 0 Å². The fraction of sp³-hybridized carbons (Fsp3) is 0.600. The summed E-state index contributed by atoms with van der Waals surface area (Å²) in [5.41, 5.74) is 1.77. The van der Waals surface area contributed by atoms with Crippen molar-refractivity contribution in [3.63, 3.8) is 0 Å². The van der Waals surface area contributed by atoms with E-state index in [2.05, 4.69) is 10.6 Å². The SMILES string of the molecule is CN(C)C(=O)c1cccc(CCNC(=O)CC2CC3CCC(C2)N3)c1. The number of nitrogens with zero attached hydrogens (tertiary/aromatic N) is 1. The number of fused-ring (bicyclic) bond motifs is 2. The third-order valence-electron chi connectivity index (χ3n) is 5.36. The van der Waals surface area contributed by atoms with Crippen LogP contribution in [0.2, 0.25) is 0 Å². The zero-order valence-corrected chi connectivity index (χ0v) is 15.3. The molecule has 136 valence electrons. The number of hydrogen-bond acceptors (Lipinski definition) is 3. The number of carbonyl (C=O) groups is 2. The van der Waals surface area contributed by atoms with Crippen molar-refractivity contribution in [1.82, 2.24) is 15.5 Å². The lowest BCUT2D eigenvalue weighted by molar-refractivity contribution is -0.122. The molecule has 1 aromatic carbocycles. The van der Waals surface area contributed by atoms with Crippen molar-refractivity contribution in [2.24, 2.45) is 5.92 Å². The quantitative estimate of drug-likeness (QED) is 0.830. The van der Waals surface area contributed by atoms with Gasteiger partial charge in [-0.1, -0.05) is 12.1 Å². The molecule has 0 spiro atoms. The van der Waals surface area contributed by atoms with Crippen LogP contribution in [0, 0.1) is 5.92 Å². The molecule has 2 fully saturated rings. The van der Waals surface area contributed by atoms with Crippen molar-refractivity contribution in [2.45, 2.75) is 50.6 Å². The average Bonchev–Trinajstić information content (AvgIpc) is 2.93. The van der Waals surface area contributed by atoms with Crippen molar-refractivity contribution in [3.05, 3.63) is 35.4 Å². The van der Waals surface area contributed by atoms with Crippen LogP contribution in [0.1, 0.15) is 48.0 Å². The normalized spacial score (nSPS) is 24.8. The highest BCUT2D eigenvalue weighted by atomic mass is 16.2. The summed E-state index contributed by atoms with van der Waals surface area (Å²) in [6.07, 6.45) is 6.21. The Bertz CT molecular complexity index is 617. The summed E-state index contributed by atoms with van der Waals surface area (Å²) in [6, 6.07) is 8.92. The molecule has 2 aliphatic heterocycles. The van der Waals surface area contributed by atoms with Crippen LogP contribution in [0.15, 0.2) is 24.3 Å². The molecule has 0 aromatic heterocycles. The Balaban J connectivity index is 1.42. The van der Waals surface area contributed by atoms with Crippen LogP contribution in [-0.4, -0.2) is 49.4 Å². The minimum Gasteiger partial charge on any atom is -0.356 e. The number of nitrogens with one attached hydrogen (secondary N) is 2. The second kappa shape index (κ2) is 8.00. The molecule has 5 heteroatoms. The fourth-order valence-corrected chi connectivity index (χ4v) is 4.14. The van der Waals surface area contributed by atoms with E-state index >= 15 is 0 Å². The van der Waals surface area contributed by atoms with Gasteiger partial charge in [-0.15, -0.1) is 0 Å². The lowest BCUT2D eigenvalue weighted by atomic mass is 9.89. The monoisotopic (exact) mass is 343 g/mol. The number of rotatable bonds is 6. The van der Waals surface area contributed by atoms with Crippen LogP contribution < -0.4 is 10.6 Å². The van der Waals surface area contributed by atoms with Crippen LogP contribution >= 0.6 is 0 Å². The largest absolute Gasteiger partial charge is 0.356 e. The first-order valence-corrected chi connectivity index (χ1v) is 9.34. The zero-order valence-electron chi connectivity index (χ0n) is 15.3. The van der Waals surface area contributed by atoms with Gasteiger partial charge < -0.3 is 15.5 Å². The maximum Gasteiger partial charge on any atom is 0.253 e. The Labute approximate surface area is 150 Å². The highest BCUT2D eigenvalue weighted by molar-refractivity contribution is 5.94. The predicted molar refractivity (Wildman–Crippen MR) is 98.5 cm³/mol. The molecule has 2 amide bonds. The molecule has 1 aromatic rings. The minimum atomic E-state index is 0.00595. The molecule has 2 bridgehead atoms. The van der Waals surface area contributed by atoms with Crippen molar-refractivity contribution in [3.8, 4) is 0 Å². The molecule has 2 unspecified atom stereocenters. The third kappa shape index (κ3) is 4.82.